The average Bonchev–Trinajstić information content (AvgIpc) is 2.61. The highest BCUT2D eigenvalue weighted by atomic mass is 16.5. The molecule has 6 nitrogen and oxygen atoms in total. The first-order valence-corrected chi connectivity index (χ1v) is 8.73. The summed E-state index contributed by atoms with van der Waals surface area (Å²) in [4.78, 5) is 13.9. The Labute approximate surface area is 147 Å². The molecule has 1 aromatic heterocycles. The molecule has 0 bridgehead atoms. The van der Waals surface area contributed by atoms with Crippen molar-refractivity contribution in [3.8, 4) is 5.75 Å². The Hall–Kier alpha value is -2.18. The van der Waals surface area contributed by atoms with Crippen molar-refractivity contribution in [2.24, 2.45) is 7.05 Å². The van der Waals surface area contributed by atoms with Crippen LogP contribution in [0.15, 0.2) is 35.1 Å². The van der Waals surface area contributed by atoms with E-state index in [9.17, 15) is 9.90 Å². The van der Waals surface area contributed by atoms with Gasteiger partial charge in [0.25, 0.3) is 5.56 Å². The zero-order chi connectivity index (χ0) is 17.8. The first-order valence-electron chi connectivity index (χ1n) is 8.73. The Kier molecular flexibility index (Phi) is 5.50. The number of hydrogen-bond acceptors (Lipinski definition) is 5. The third kappa shape index (κ3) is 4.46. The van der Waals surface area contributed by atoms with Gasteiger partial charge in [-0.2, -0.15) is 5.10 Å². The number of rotatable bonds is 6. The van der Waals surface area contributed by atoms with E-state index in [1.807, 2.05) is 24.3 Å². The van der Waals surface area contributed by atoms with Gasteiger partial charge >= 0.3 is 0 Å². The molecule has 2 aromatic rings. The van der Waals surface area contributed by atoms with Crippen LogP contribution >= 0.6 is 0 Å². The number of ether oxygens (including phenoxy) is 1. The maximum atomic E-state index is 11.7. The van der Waals surface area contributed by atoms with E-state index in [4.69, 9.17) is 4.74 Å². The Morgan fingerprint density at radius 3 is 2.80 bits per heavy atom. The van der Waals surface area contributed by atoms with Crippen LogP contribution < -0.4 is 10.3 Å². The van der Waals surface area contributed by atoms with Gasteiger partial charge in [-0.15, -0.1) is 0 Å². The van der Waals surface area contributed by atoms with Gasteiger partial charge in [-0.25, -0.2) is 4.68 Å². The van der Waals surface area contributed by atoms with Gasteiger partial charge in [0.05, 0.1) is 5.69 Å². The van der Waals surface area contributed by atoms with Crippen LogP contribution in [0.3, 0.4) is 0 Å². The molecule has 1 aliphatic rings. The Bertz CT molecular complexity index is 770. The Morgan fingerprint density at radius 1 is 1.32 bits per heavy atom. The third-order valence-corrected chi connectivity index (χ3v) is 4.56. The maximum absolute atomic E-state index is 11.7. The zero-order valence-corrected chi connectivity index (χ0v) is 14.8. The summed E-state index contributed by atoms with van der Waals surface area (Å²) < 4.78 is 7.05. The number of fused-ring (bicyclic) bond motifs is 1. The molecule has 1 aromatic carbocycles. The molecular formula is C19H25N3O3. The molecule has 2 heterocycles. The fourth-order valence-corrected chi connectivity index (χ4v) is 3.07. The number of benzene rings is 1. The molecule has 1 aliphatic heterocycles. The van der Waals surface area contributed by atoms with E-state index in [-0.39, 0.29) is 12.2 Å². The highest BCUT2D eigenvalue weighted by Crippen LogP contribution is 2.16. The molecule has 6 heteroatoms. The lowest BCUT2D eigenvalue weighted by molar-refractivity contribution is 0.0633. The lowest BCUT2D eigenvalue weighted by Gasteiger charge is -2.29. The molecule has 0 amide bonds. The van der Waals surface area contributed by atoms with Crippen LogP contribution in [0.5, 0.6) is 5.75 Å². The van der Waals surface area contributed by atoms with Gasteiger partial charge in [0.15, 0.2) is 0 Å². The maximum Gasteiger partial charge on any atom is 0.266 e. The van der Waals surface area contributed by atoms with Crippen LogP contribution in [0.4, 0.5) is 0 Å². The van der Waals surface area contributed by atoms with E-state index < -0.39 is 6.10 Å². The van der Waals surface area contributed by atoms with Crippen molar-refractivity contribution in [3.63, 3.8) is 0 Å². The SMILES string of the molecule is CCc1ccc(OCC(O)CN2CCc3nn(C)c(=O)cc3C2)cc1. The first-order chi connectivity index (χ1) is 12.0. The van der Waals surface area contributed by atoms with Crippen LogP contribution in [0.25, 0.3) is 0 Å². The minimum absolute atomic E-state index is 0.0972. The van der Waals surface area contributed by atoms with E-state index in [1.54, 1.807) is 13.1 Å². The summed E-state index contributed by atoms with van der Waals surface area (Å²) in [5.74, 6) is 0.771. The topological polar surface area (TPSA) is 67.6 Å². The number of aliphatic hydroxyl groups excluding tert-OH is 1. The van der Waals surface area contributed by atoms with E-state index in [1.165, 1.54) is 10.2 Å². The summed E-state index contributed by atoms with van der Waals surface area (Å²) >= 11 is 0. The van der Waals surface area contributed by atoms with Gasteiger partial charge in [0.2, 0.25) is 0 Å². The second-order valence-corrected chi connectivity index (χ2v) is 6.53. The molecule has 3 rings (SSSR count). The van der Waals surface area contributed by atoms with Crippen LogP contribution in [0, 0.1) is 0 Å². The van der Waals surface area contributed by atoms with Crippen molar-refractivity contribution >= 4 is 0 Å². The predicted octanol–water partition coefficient (Wildman–Crippen LogP) is 1.14. The van der Waals surface area contributed by atoms with E-state index >= 15 is 0 Å². The van der Waals surface area contributed by atoms with Crippen molar-refractivity contribution in [2.75, 3.05) is 19.7 Å². The summed E-state index contributed by atoms with van der Waals surface area (Å²) in [7, 11) is 1.67. The third-order valence-electron chi connectivity index (χ3n) is 4.56. The molecule has 25 heavy (non-hydrogen) atoms. The highest BCUT2D eigenvalue weighted by Gasteiger charge is 2.21. The second-order valence-electron chi connectivity index (χ2n) is 6.53. The van der Waals surface area contributed by atoms with Crippen LogP contribution in [0.2, 0.25) is 0 Å². The molecule has 0 radical (unpaired) electrons. The van der Waals surface area contributed by atoms with Gasteiger partial charge in [-0.05, 0) is 29.7 Å². The van der Waals surface area contributed by atoms with Gasteiger partial charge in [-0.1, -0.05) is 19.1 Å². The first kappa shape index (κ1) is 17.6. The zero-order valence-electron chi connectivity index (χ0n) is 14.8. The average molecular weight is 343 g/mol. The quantitative estimate of drug-likeness (QED) is 0.852. The summed E-state index contributed by atoms with van der Waals surface area (Å²) in [5.41, 5.74) is 3.09. The van der Waals surface area contributed by atoms with Crippen molar-refractivity contribution in [2.45, 2.75) is 32.4 Å². The fourth-order valence-electron chi connectivity index (χ4n) is 3.07. The van der Waals surface area contributed by atoms with Crippen LogP contribution in [-0.2, 0) is 26.4 Å². The summed E-state index contributed by atoms with van der Waals surface area (Å²) in [6.07, 6.45) is 1.21. The van der Waals surface area contributed by atoms with Gasteiger partial charge < -0.3 is 9.84 Å². The lowest BCUT2D eigenvalue weighted by atomic mass is 10.1. The van der Waals surface area contributed by atoms with Crippen LogP contribution in [-0.4, -0.2) is 45.6 Å². The molecule has 1 unspecified atom stereocenters. The largest absolute Gasteiger partial charge is 0.491 e. The van der Waals surface area contributed by atoms with Crippen molar-refractivity contribution in [1.82, 2.24) is 14.7 Å². The number of nitrogens with zero attached hydrogens (tertiary/aromatic N) is 3. The summed E-state index contributed by atoms with van der Waals surface area (Å²) in [5, 5.41) is 14.6. The predicted molar refractivity (Wildman–Crippen MR) is 95.8 cm³/mol. The highest BCUT2D eigenvalue weighted by molar-refractivity contribution is 5.27. The van der Waals surface area contributed by atoms with Crippen molar-refractivity contribution in [1.29, 1.82) is 0 Å². The monoisotopic (exact) mass is 343 g/mol. The summed E-state index contributed by atoms with van der Waals surface area (Å²) in [6.45, 7) is 4.34. The normalized spacial score (nSPS) is 15.6. The lowest BCUT2D eigenvalue weighted by Crippen LogP contribution is -2.40. The number of aliphatic hydroxyl groups is 1. The molecule has 0 aliphatic carbocycles. The molecule has 0 spiro atoms. The summed E-state index contributed by atoms with van der Waals surface area (Å²) in [6, 6.07) is 9.59. The molecule has 0 saturated carbocycles. The van der Waals surface area contributed by atoms with E-state index in [0.29, 0.717) is 13.1 Å². The van der Waals surface area contributed by atoms with Gasteiger partial charge in [-0.3, -0.25) is 9.69 Å². The smallest absolute Gasteiger partial charge is 0.266 e. The van der Waals surface area contributed by atoms with Crippen LogP contribution in [0.1, 0.15) is 23.7 Å². The van der Waals surface area contributed by atoms with E-state index in [0.717, 1.165) is 36.4 Å². The number of hydrogen-bond donors (Lipinski definition) is 1. The van der Waals surface area contributed by atoms with Crippen molar-refractivity contribution < 1.29 is 9.84 Å². The van der Waals surface area contributed by atoms with E-state index in [2.05, 4.69) is 16.9 Å². The Morgan fingerprint density at radius 2 is 2.08 bits per heavy atom. The molecular weight excluding hydrogens is 318 g/mol. The van der Waals surface area contributed by atoms with Crippen molar-refractivity contribution in [3.05, 3.63) is 57.5 Å². The molecule has 0 fully saturated rings. The standard InChI is InChI=1S/C19H25N3O3/c1-3-14-4-6-17(7-5-14)25-13-16(23)12-22-9-8-18-15(11-22)10-19(24)21(2)20-18/h4-7,10,16,23H,3,8-9,11-13H2,1-2H3. The molecule has 0 saturated heterocycles. The number of aromatic nitrogens is 2. The minimum Gasteiger partial charge on any atom is -0.491 e. The number of β-amino-alcohol motifs (C(OH)–C–C–N with tert-alkyl or cyclic N) is 1. The Balaban J connectivity index is 1.52. The molecule has 134 valence electrons. The number of aryl methyl sites for hydroxylation is 2. The van der Waals surface area contributed by atoms with Gasteiger partial charge in [0.1, 0.15) is 18.5 Å². The second kappa shape index (κ2) is 7.80. The fraction of sp³-hybridized carbons (Fsp3) is 0.474. The molecule has 1 N–H and O–H groups in total. The van der Waals surface area contributed by atoms with Gasteiger partial charge in [0, 0.05) is 39.2 Å². The molecule has 1 atom stereocenters. The minimum atomic E-state index is -0.577.